The summed E-state index contributed by atoms with van der Waals surface area (Å²) in [5.41, 5.74) is 2.62. The van der Waals surface area contributed by atoms with Gasteiger partial charge in [-0.3, -0.25) is 4.98 Å². The molecule has 0 fully saturated rings. The summed E-state index contributed by atoms with van der Waals surface area (Å²) in [6.45, 7) is 4.06. The zero-order valence-corrected chi connectivity index (χ0v) is 13.4. The third-order valence-electron chi connectivity index (χ3n) is 3.73. The van der Waals surface area contributed by atoms with Crippen LogP contribution in [0.3, 0.4) is 0 Å². The SMILES string of the molecule is Cc1cccnc1CNS(=O)(=O)c1ccc2c(c1)CC(C)O2. The monoisotopic (exact) mass is 318 g/mol. The number of ether oxygens (including phenoxy) is 1. The second kappa shape index (κ2) is 5.70. The molecule has 0 amide bonds. The van der Waals surface area contributed by atoms with Gasteiger partial charge in [-0.05, 0) is 49.2 Å². The van der Waals surface area contributed by atoms with E-state index < -0.39 is 10.0 Å². The predicted octanol–water partition coefficient (Wildman–Crippen LogP) is 2.19. The lowest BCUT2D eigenvalue weighted by Crippen LogP contribution is -2.24. The molecule has 1 aromatic heterocycles. The lowest BCUT2D eigenvalue weighted by molar-refractivity contribution is 0.254. The smallest absolute Gasteiger partial charge is 0.240 e. The van der Waals surface area contributed by atoms with Crippen molar-refractivity contribution in [2.24, 2.45) is 0 Å². The molecule has 0 bridgehead atoms. The van der Waals surface area contributed by atoms with Crippen molar-refractivity contribution in [1.29, 1.82) is 0 Å². The maximum atomic E-state index is 12.4. The summed E-state index contributed by atoms with van der Waals surface area (Å²) < 4.78 is 33.0. The average molecular weight is 318 g/mol. The molecular formula is C16H18N2O3S. The fourth-order valence-electron chi connectivity index (χ4n) is 2.52. The maximum absolute atomic E-state index is 12.4. The Kier molecular flexibility index (Phi) is 3.88. The Balaban J connectivity index is 1.79. The predicted molar refractivity (Wildman–Crippen MR) is 83.2 cm³/mol. The number of hydrogen-bond donors (Lipinski definition) is 1. The number of aryl methyl sites for hydroxylation is 1. The third kappa shape index (κ3) is 2.98. The highest BCUT2D eigenvalue weighted by Gasteiger charge is 2.22. The molecule has 0 spiro atoms. The van der Waals surface area contributed by atoms with E-state index in [0.29, 0.717) is 0 Å². The van der Waals surface area contributed by atoms with Crippen molar-refractivity contribution in [1.82, 2.24) is 9.71 Å². The van der Waals surface area contributed by atoms with Gasteiger partial charge < -0.3 is 4.74 Å². The first-order valence-electron chi connectivity index (χ1n) is 7.15. The molecule has 6 heteroatoms. The fraction of sp³-hybridized carbons (Fsp3) is 0.312. The lowest BCUT2D eigenvalue weighted by atomic mass is 10.1. The summed E-state index contributed by atoms with van der Waals surface area (Å²) >= 11 is 0. The normalized spacial score (nSPS) is 17.1. The first kappa shape index (κ1) is 15.0. The van der Waals surface area contributed by atoms with E-state index in [9.17, 15) is 8.42 Å². The van der Waals surface area contributed by atoms with Crippen LogP contribution in [0, 0.1) is 6.92 Å². The molecule has 1 N–H and O–H groups in total. The van der Waals surface area contributed by atoms with Gasteiger partial charge in [0.15, 0.2) is 0 Å². The number of hydrogen-bond acceptors (Lipinski definition) is 4. The summed E-state index contributed by atoms with van der Waals surface area (Å²) in [5, 5.41) is 0. The Bertz CT molecular complexity index is 803. The molecule has 5 nitrogen and oxygen atoms in total. The van der Waals surface area contributed by atoms with Crippen LogP contribution in [0.25, 0.3) is 0 Å². The summed E-state index contributed by atoms with van der Waals surface area (Å²) in [6, 6.07) is 8.72. The number of pyridine rings is 1. The molecule has 0 saturated carbocycles. The molecule has 0 radical (unpaired) electrons. The minimum absolute atomic E-state index is 0.0945. The molecule has 116 valence electrons. The topological polar surface area (TPSA) is 68.3 Å². The Morgan fingerprint density at radius 3 is 2.95 bits per heavy atom. The van der Waals surface area contributed by atoms with Gasteiger partial charge in [0.2, 0.25) is 10.0 Å². The van der Waals surface area contributed by atoms with E-state index in [1.165, 1.54) is 0 Å². The zero-order valence-electron chi connectivity index (χ0n) is 12.5. The van der Waals surface area contributed by atoms with E-state index in [-0.39, 0.29) is 17.5 Å². The molecular weight excluding hydrogens is 300 g/mol. The van der Waals surface area contributed by atoms with Crippen molar-refractivity contribution >= 4 is 10.0 Å². The van der Waals surface area contributed by atoms with Crippen LogP contribution in [0.15, 0.2) is 41.4 Å². The van der Waals surface area contributed by atoms with Crippen LogP contribution in [-0.2, 0) is 23.0 Å². The Morgan fingerprint density at radius 1 is 1.36 bits per heavy atom. The Morgan fingerprint density at radius 2 is 2.18 bits per heavy atom. The average Bonchev–Trinajstić information content (AvgIpc) is 2.85. The quantitative estimate of drug-likeness (QED) is 0.938. The van der Waals surface area contributed by atoms with Gasteiger partial charge in [-0.25, -0.2) is 13.1 Å². The van der Waals surface area contributed by atoms with Crippen LogP contribution in [0.1, 0.15) is 23.7 Å². The number of nitrogens with one attached hydrogen (secondary N) is 1. The number of fused-ring (bicyclic) bond motifs is 1. The number of aromatic nitrogens is 1. The van der Waals surface area contributed by atoms with Crippen molar-refractivity contribution in [3.8, 4) is 5.75 Å². The number of benzene rings is 1. The highest BCUT2D eigenvalue weighted by Crippen LogP contribution is 2.30. The zero-order chi connectivity index (χ0) is 15.7. The second-order valence-corrected chi connectivity index (χ2v) is 7.26. The molecule has 1 aliphatic heterocycles. The van der Waals surface area contributed by atoms with E-state index >= 15 is 0 Å². The van der Waals surface area contributed by atoms with Crippen LogP contribution in [0.2, 0.25) is 0 Å². The van der Waals surface area contributed by atoms with Crippen LogP contribution in [0.5, 0.6) is 5.75 Å². The number of rotatable bonds is 4. The fourth-order valence-corrected chi connectivity index (χ4v) is 3.55. The van der Waals surface area contributed by atoms with E-state index in [1.807, 2.05) is 26.0 Å². The standard InChI is InChI=1S/C16H18N2O3S/c1-11-4-3-7-17-15(11)10-18-22(19,20)14-5-6-16-13(9-14)8-12(2)21-16/h3-7,9,12,18H,8,10H2,1-2H3. The van der Waals surface area contributed by atoms with Gasteiger partial charge in [-0.1, -0.05) is 6.07 Å². The molecule has 1 aromatic carbocycles. The van der Waals surface area contributed by atoms with Gasteiger partial charge in [0.1, 0.15) is 11.9 Å². The van der Waals surface area contributed by atoms with Crippen LogP contribution in [-0.4, -0.2) is 19.5 Å². The largest absolute Gasteiger partial charge is 0.490 e. The molecule has 0 saturated heterocycles. The van der Waals surface area contributed by atoms with Crippen molar-refractivity contribution < 1.29 is 13.2 Å². The first-order valence-corrected chi connectivity index (χ1v) is 8.64. The summed E-state index contributed by atoms with van der Waals surface area (Å²) in [5.74, 6) is 0.770. The molecule has 0 aliphatic carbocycles. The van der Waals surface area contributed by atoms with E-state index in [4.69, 9.17) is 4.74 Å². The van der Waals surface area contributed by atoms with Gasteiger partial charge in [0.25, 0.3) is 0 Å². The van der Waals surface area contributed by atoms with Gasteiger partial charge in [-0.2, -0.15) is 0 Å². The second-order valence-electron chi connectivity index (χ2n) is 5.49. The minimum Gasteiger partial charge on any atom is -0.490 e. The summed E-state index contributed by atoms with van der Waals surface area (Å²) in [6.07, 6.45) is 2.49. The molecule has 3 rings (SSSR count). The van der Waals surface area contributed by atoms with Gasteiger partial charge >= 0.3 is 0 Å². The van der Waals surface area contributed by atoms with E-state index in [1.54, 1.807) is 24.4 Å². The Labute approximate surface area is 130 Å². The minimum atomic E-state index is -3.56. The van der Waals surface area contributed by atoms with Crippen LogP contribution < -0.4 is 9.46 Å². The molecule has 2 heterocycles. The summed E-state index contributed by atoms with van der Waals surface area (Å²) in [4.78, 5) is 4.46. The van der Waals surface area contributed by atoms with E-state index in [0.717, 1.165) is 29.0 Å². The van der Waals surface area contributed by atoms with Crippen molar-refractivity contribution in [3.63, 3.8) is 0 Å². The maximum Gasteiger partial charge on any atom is 0.240 e. The summed E-state index contributed by atoms with van der Waals surface area (Å²) in [7, 11) is -3.56. The first-order chi connectivity index (χ1) is 10.5. The molecule has 1 unspecified atom stereocenters. The van der Waals surface area contributed by atoms with Crippen molar-refractivity contribution in [3.05, 3.63) is 53.3 Å². The highest BCUT2D eigenvalue weighted by molar-refractivity contribution is 7.89. The third-order valence-corrected chi connectivity index (χ3v) is 5.12. The van der Waals surface area contributed by atoms with Gasteiger partial charge in [0.05, 0.1) is 17.1 Å². The molecule has 22 heavy (non-hydrogen) atoms. The van der Waals surface area contributed by atoms with Gasteiger partial charge in [-0.15, -0.1) is 0 Å². The van der Waals surface area contributed by atoms with E-state index in [2.05, 4.69) is 9.71 Å². The lowest BCUT2D eigenvalue weighted by Gasteiger charge is -2.09. The number of sulfonamides is 1. The van der Waals surface area contributed by atoms with Crippen molar-refractivity contribution in [2.45, 2.75) is 37.8 Å². The highest BCUT2D eigenvalue weighted by atomic mass is 32.2. The van der Waals surface area contributed by atoms with Crippen LogP contribution in [0.4, 0.5) is 0 Å². The molecule has 1 aliphatic rings. The number of nitrogens with zero attached hydrogens (tertiary/aromatic N) is 1. The van der Waals surface area contributed by atoms with Crippen molar-refractivity contribution in [2.75, 3.05) is 0 Å². The Hall–Kier alpha value is -1.92. The molecule has 1 atom stereocenters. The van der Waals surface area contributed by atoms with Crippen LogP contribution >= 0.6 is 0 Å². The van der Waals surface area contributed by atoms with Gasteiger partial charge in [0, 0.05) is 12.6 Å². The molecule has 2 aromatic rings.